The number of carbonyl (C=O) groups is 1. The standard InChI is InChI=1S/C22H23ClN4O3/c1-30-17-8-6-15(7-9-17)14-27-20(24-25-22(27)29)16-10-12-26(13-11-16)21(28)18-4-2-3-5-19(18)23/h2-9,16H,10-14H2,1H3,(H,25,29). The summed E-state index contributed by atoms with van der Waals surface area (Å²) in [6, 6.07) is 14.7. The van der Waals surface area contributed by atoms with E-state index in [1.54, 1.807) is 23.8 Å². The molecule has 30 heavy (non-hydrogen) atoms. The number of hydrogen-bond acceptors (Lipinski definition) is 4. The molecule has 0 unspecified atom stereocenters. The molecule has 1 aliphatic heterocycles. The maximum absolute atomic E-state index is 12.8. The Morgan fingerprint density at radius 1 is 1.17 bits per heavy atom. The first-order valence-electron chi connectivity index (χ1n) is 9.88. The molecule has 4 rings (SSSR count). The lowest BCUT2D eigenvalue weighted by Crippen LogP contribution is -2.38. The van der Waals surface area contributed by atoms with Crippen LogP contribution in [-0.4, -0.2) is 45.8 Å². The average molecular weight is 427 g/mol. The number of benzene rings is 2. The van der Waals surface area contributed by atoms with Gasteiger partial charge in [-0.15, -0.1) is 0 Å². The third-order valence-corrected chi connectivity index (χ3v) is 5.87. The molecule has 2 heterocycles. The van der Waals surface area contributed by atoms with Crippen LogP contribution in [0.1, 0.15) is 40.5 Å². The molecule has 0 radical (unpaired) electrons. The Balaban J connectivity index is 1.46. The Morgan fingerprint density at radius 3 is 2.53 bits per heavy atom. The van der Waals surface area contributed by atoms with Crippen LogP contribution in [-0.2, 0) is 6.54 Å². The number of nitrogens with one attached hydrogen (secondary N) is 1. The van der Waals surface area contributed by atoms with Gasteiger partial charge in [-0.1, -0.05) is 35.9 Å². The van der Waals surface area contributed by atoms with Crippen LogP contribution >= 0.6 is 11.6 Å². The zero-order chi connectivity index (χ0) is 21.1. The van der Waals surface area contributed by atoms with Crippen molar-refractivity contribution in [3.05, 3.63) is 81.0 Å². The van der Waals surface area contributed by atoms with Crippen LogP contribution in [0.2, 0.25) is 5.02 Å². The lowest BCUT2D eigenvalue weighted by Gasteiger charge is -2.31. The number of amides is 1. The number of carbonyl (C=O) groups excluding carboxylic acids is 1. The molecular formula is C22H23ClN4O3. The molecule has 0 bridgehead atoms. The first-order chi connectivity index (χ1) is 14.6. The number of halogens is 1. The third kappa shape index (κ3) is 4.11. The van der Waals surface area contributed by atoms with Gasteiger partial charge in [-0.25, -0.2) is 9.89 Å². The van der Waals surface area contributed by atoms with Crippen molar-refractivity contribution in [1.82, 2.24) is 19.7 Å². The van der Waals surface area contributed by atoms with Crippen LogP contribution in [0.4, 0.5) is 0 Å². The number of aromatic amines is 1. The molecule has 3 aromatic rings. The summed E-state index contributed by atoms with van der Waals surface area (Å²) in [4.78, 5) is 26.9. The summed E-state index contributed by atoms with van der Waals surface area (Å²) in [5.74, 6) is 1.56. The number of ether oxygens (including phenoxy) is 1. The van der Waals surface area contributed by atoms with Crippen LogP contribution < -0.4 is 10.4 Å². The summed E-state index contributed by atoms with van der Waals surface area (Å²) in [6.45, 7) is 1.63. The minimum Gasteiger partial charge on any atom is -0.497 e. The Labute approximate surface area is 179 Å². The normalized spacial score (nSPS) is 14.7. The predicted molar refractivity (Wildman–Crippen MR) is 114 cm³/mol. The van der Waals surface area contributed by atoms with E-state index >= 15 is 0 Å². The van der Waals surface area contributed by atoms with E-state index in [4.69, 9.17) is 16.3 Å². The van der Waals surface area contributed by atoms with Crippen molar-refractivity contribution >= 4 is 17.5 Å². The van der Waals surface area contributed by atoms with Gasteiger partial charge in [0.1, 0.15) is 11.6 Å². The maximum Gasteiger partial charge on any atom is 0.343 e. The Hall–Kier alpha value is -3.06. The van der Waals surface area contributed by atoms with E-state index in [-0.39, 0.29) is 17.5 Å². The second kappa shape index (κ2) is 8.75. The van der Waals surface area contributed by atoms with Crippen molar-refractivity contribution in [1.29, 1.82) is 0 Å². The fourth-order valence-corrected chi connectivity index (χ4v) is 4.07. The highest BCUT2D eigenvalue weighted by Crippen LogP contribution is 2.28. The van der Waals surface area contributed by atoms with Gasteiger partial charge in [-0.2, -0.15) is 5.10 Å². The summed E-state index contributed by atoms with van der Waals surface area (Å²) in [6.07, 6.45) is 1.48. The van der Waals surface area contributed by atoms with Gasteiger partial charge < -0.3 is 9.64 Å². The van der Waals surface area contributed by atoms with Crippen LogP contribution in [0.3, 0.4) is 0 Å². The van der Waals surface area contributed by atoms with Gasteiger partial charge in [0.25, 0.3) is 5.91 Å². The second-order valence-electron chi connectivity index (χ2n) is 7.37. The highest BCUT2D eigenvalue weighted by atomic mass is 35.5. The van der Waals surface area contributed by atoms with Gasteiger partial charge in [0.2, 0.25) is 0 Å². The van der Waals surface area contributed by atoms with E-state index in [0.29, 0.717) is 30.2 Å². The van der Waals surface area contributed by atoms with Crippen molar-refractivity contribution in [3.63, 3.8) is 0 Å². The molecule has 1 fully saturated rings. The number of methoxy groups -OCH3 is 1. The van der Waals surface area contributed by atoms with Gasteiger partial charge in [-0.05, 0) is 42.7 Å². The summed E-state index contributed by atoms with van der Waals surface area (Å²) < 4.78 is 6.87. The summed E-state index contributed by atoms with van der Waals surface area (Å²) in [5.41, 5.74) is 1.29. The van der Waals surface area contributed by atoms with E-state index in [2.05, 4.69) is 10.2 Å². The third-order valence-electron chi connectivity index (χ3n) is 5.54. The van der Waals surface area contributed by atoms with Crippen LogP contribution in [0.15, 0.2) is 53.3 Å². The minimum absolute atomic E-state index is 0.0586. The number of aromatic nitrogens is 3. The topological polar surface area (TPSA) is 80.2 Å². The molecule has 2 aromatic carbocycles. The van der Waals surface area contributed by atoms with Gasteiger partial charge in [-0.3, -0.25) is 9.36 Å². The monoisotopic (exact) mass is 426 g/mol. The number of rotatable bonds is 5. The van der Waals surface area contributed by atoms with Crippen molar-refractivity contribution in [2.75, 3.05) is 20.2 Å². The van der Waals surface area contributed by atoms with Crippen molar-refractivity contribution in [2.24, 2.45) is 0 Å². The summed E-state index contributed by atoms with van der Waals surface area (Å²) in [5, 5.41) is 7.33. The van der Waals surface area contributed by atoms with E-state index in [1.165, 1.54) is 0 Å². The van der Waals surface area contributed by atoms with E-state index in [1.807, 2.05) is 41.3 Å². The Bertz CT molecular complexity index is 1080. The highest BCUT2D eigenvalue weighted by Gasteiger charge is 2.28. The zero-order valence-electron chi connectivity index (χ0n) is 16.7. The molecule has 8 heteroatoms. The van der Waals surface area contributed by atoms with Crippen molar-refractivity contribution < 1.29 is 9.53 Å². The molecule has 1 saturated heterocycles. The number of H-pyrrole nitrogens is 1. The fourth-order valence-electron chi connectivity index (χ4n) is 3.85. The summed E-state index contributed by atoms with van der Waals surface area (Å²) >= 11 is 6.17. The van der Waals surface area contributed by atoms with Crippen LogP contribution in [0.5, 0.6) is 5.75 Å². The van der Waals surface area contributed by atoms with Gasteiger partial charge in [0.15, 0.2) is 0 Å². The van der Waals surface area contributed by atoms with Gasteiger partial charge >= 0.3 is 5.69 Å². The first kappa shape index (κ1) is 20.2. The molecule has 0 spiro atoms. The predicted octanol–water partition coefficient (Wildman–Crippen LogP) is 3.30. The summed E-state index contributed by atoms with van der Waals surface area (Å²) in [7, 11) is 1.62. The number of nitrogens with zero attached hydrogens (tertiary/aromatic N) is 3. The van der Waals surface area contributed by atoms with E-state index in [0.717, 1.165) is 30.0 Å². The van der Waals surface area contributed by atoms with E-state index in [9.17, 15) is 9.59 Å². The highest BCUT2D eigenvalue weighted by molar-refractivity contribution is 6.33. The first-order valence-corrected chi connectivity index (χ1v) is 10.3. The van der Waals surface area contributed by atoms with Gasteiger partial charge in [0, 0.05) is 19.0 Å². The minimum atomic E-state index is -0.226. The fraction of sp³-hybridized carbons (Fsp3) is 0.318. The largest absolute Gasteiger partial charge is 0.497 e. The molecule has 1 N–H and O–H groups in total. The number of piperidine rings is 1. The zero-order valence-corrected chi connectivity index (χ0v) is 17.4. The molecule has 0 aliphatic carbocycles. The molecule has 156 valence electrons. The van der Waals surface area contributed by atoms with Crippen LogP contribution in [0, 0.1) is 0 Å². The molecule has 1 aliphatic rings. The molecule has 1 aromatic heterocycles. The second-order valence-corrected chi connectivity index (χ2v) is 7.77. The van der Waals surface area contributed by atoms with Crippen LogP contribution in [0.25, 0.3) is 0 Å². The maximum atomic E-state index is 12.8. The number of hydrogen-bond donors (Lipinski definition) is 1. The molecule has 7 nitrogen and oxygen atoms in total. The van der Waals surface area contributed by atoms with Crippen molar-refractivity contribution in [2.45, 2.75) is 25.3 Å². The van der Waals surface area contributed by atoms with E-state index < -0.39 is 0 Å². The Morgan fingerprint density at radius 2 is 1.87 bits per heavy atom. The molecular weight excluding hydrogens is 404 g/mol. The molecule has 0 saturated carbocycles. The molecule has 1 amide bonds. The lowest BCUT2D eigenvalue weighted by molar-refractivity contribution is 0.0710. The SMILES string of the molecule is COc1ccc(Cn2c(C3CCN(C(=O)c4ccccc4Cl)CC3)n[nH]c2=O)cc1. The lowest BCUT2D eigenvalue weighted by atomic mass is 9.95. The van der Waals surface area contributed by atoms with Gasteiger partial charge in [0.05, 0.1) is 24.2 Å². The average Bonchev–Trinajstić information content (AvgIpc) is 3.14. The number of likely N-dealkylation sites (tertiary alicyclic amines) is 1. The van der Waals surface area contributed by atoms with Crippen molar-refractivity contribution in [3.8, 4) is 5.75 Å². The molecule has 0 atom stereocenters. The quantitative estimate of drug-likeness (QED) is 0.678. The smallest absolute Gasteiger partial charge is 0.343 e. The Kier molecular flexibility index (Phi) is 5.90.